The van der Waals surface area contributed by atoms with Crippen LogP contribution in [0.25, 0.3) is 0 Å². The van der Waals surface area contributed by atoms with E-state index in [0.717, 1.165) is 18.1 Å². The zero-order valence-corrected chi connectivity index (χ0v) is 16.4. The summed E-state index contributed by atoms with van der Waals surface area (Å²) < 4.78 is 37.4. The van der Waals surface area contributed by atoms with Crippen LogP contribution < -0.4 is 0 Å². The van der Waals surface area contributed by atoms with Crippen LogP contribution in [0.15, 0.2) is 0 Å². The van der Waals surface area contributed by atoms with Crippen LogP contribution in [-0.4, -0.2) is 45.1 Å². The largest absolute Gasteiger partial charge is 0.349 e. The third-order valence-corrected chi connectivity index (χ3v) is 18.0. The number of hydrogen-bond donors (Lipinski definition) is 0. The third-order valence-electron chi connectivity index (χ3n) is 6.75. The van der Waals surface area contributed by atoms with Crippen molar-refractivity contribution in [2.45, 2.75) is 81.0 Å². The van der Waals surface area contributed by atoms with Crippen LogP contribution in [0.3, 0.4) is 0 Å². The molecule has 128 valence electrons. The molecule has 0 N–H and O–H groups in total. The van der Waals surface area contributed by atoms with E-state index < -0.39 is 28.1 Å². The average molecular weight is 347 g/mol. The van der Waals surface area contributed by atoms with Gasteiger partial charge in [-0.05, 0) is 0 Å². The second kappa shape index (κ2) is 4.80. The monoisotopic (exact) mass is 346 g/mol. The van der Waals surface area contributed by atoms with Gasteiger partial charge < -0.3 is 9.47 Å². The molecule has 1 aliphatic carbocycles. The Morgan fingerprint density at radius 3 is 2.00 bits per heavy atom. The summed E-state index contributed by atoms with van der Waals surface area (Å²) in [6, 6.07) is 3.12. The first-order chi connectivity index (χ1) is 10.1. The minimum Gasteiger partial charge on any atom is -0.349 e. The van der Waals surface area contributed by atoms with Crippen molar-refractivity contribution in [2.75, 3.05) is 13.2 Å². The van der Waals surface area contributed by atoms with Gasteiger partial charge in [0.1, 0.15) is 0 Å². The van der Waals surface area contributed by atoms with Crippen LogP contribution in [0.5, 0.6) is 0 Å². The van der Waals surface area contributed by atoms with Crippen LogP contribution in [0, 0.1) is 5.41 Å². The van der Waals surface area contributed by atoms with Crippen molar-refractivity contribution in [1.29, 1.82) is 0 Å². The molecule has 3 aliphatic rings. The van der Waals surface area contributed by atoms with Gasteiger partial charge >= 0.3 is 0 Å². The van der Waals surface area contributed by atoms with E-state index in [1.807, 2.05) is 0 Å². The Bertz CT molecular complexity index is 548. The molecular weight excluding hydrogens is 316 g/mol. The summed E-state index contributed by atoms with van der Waals surface area (Å²) in [6.07, 6.45) is 1.14. The van der Waals surface area contributed by atoms with Gasteiger partial charge in [0.05, 0.1) is 30.9 Å². The molecule has 2 saturated heterocycles. The Labute approximate surface area is 135 Å². The highest BCUT2D eigenvalue weighted by molar-refractivity contribution is 8.03. The lowest BCUT2D eigenvalue weighted by atomic mass is 9.94. The molecule has 1 saturated carbocycles. The first-order valence-corrected chi connectivity index (χ1v) is 12.8. The summed E-state index contributed by atoms with van der Waals surface area (Å²) in [6.45, 7) is 12.2. The lowest BCUT2D eigenvalue weighted by Gasteiger charge is -2.44. The summed E-state index contributed by atoms with van der Waals surface area (Å²) in [5.74, 6) is -0.622. The molecule has 3 rings (SSSR count). The minimum atomic E-state index is -2.96. The maximum atomic E-state index is 12.8. The van der Waals surface area contributed by atoms with Crippen LogP contribution in [-0.2, 0) is 19.3 Å². The van der Waals surface area contributed by atoms with Crippen molar-refractivity contribution in [3.8, 4) is 0 Å². The Kier molecular flexibility index (Phi) is 3.70. The molecule has 2 heterocycles. The molecule has 0 aromatic carbocycles. The summed E-state index contributed by atoms with van der Waals surface area (Å²) in [7, 11) is -4.82. The SMILES string of the molecule is CC[Si](CC)(CC)C12CC3(CC1S2(=O)=O)OCC(C)(C)CO3. The van der Waals surface area contributed by atoms with Gasteiger partial charge in [-0.3, -0.25) is 0 Å². The van der Waals surface area contributed by atoms with Gasteiger partial charge in [-0.1, -0.05) is 52.8 Å². The zero-order valence-electron chi connectivity index (χ0n) is 14.6. The minimum absolute atomic E-state index is 0.0266. The second-order valence-corrected chi connectivity index (χ2v) is 16.6. The number of fused-ring (bicyclic) bond motifs is 1. The smallest absolute Gasteiger partial charge is 0.170 e. The first kappa shape index (κ1) is 16.9. The van der Waals surface area contributed by atoms with Gasteiger partial charge in [0.2, 0.25) is 0 Å². The van der Waals surface area contributed by atoms with Gasteiger partial charge in [0, 0.05) is 18.3 Å². The van der Waals surface area contributed by atoms with Crippen molar-refractivity contribution in [3.05, 3.63) is 0 Å². The Morgan fingerprint density at radius 2 is 1.55 bits per heavy atom. The van der Waals surface area contributed by atoms with Crippen LogP contribution in [0.1, 0.15) is 47.5 Å². The molecule has 0 amide bonds. The Hall–Kier alpha value is 0.0869. The van der Waals surface area contributed by atoms with E-state index >= 15 is 0 Å². The zero-order chi connectivity index (χ0) is 16.4. The van der Waals surface area contributed by atoms with Gasteiger partial charge in [0.25, 0.3) is 0 Å². The maximum Gasteiger partial charge on any atom is 0.170 e. The fourth-order valence-electron chi connectivity index (χ4n) is 5.12. The topological polar surface area (TPSA) is 52.6 Å². The van der Waals surface area contributed by atoms with Gasteiger partial charge in [0.15, 0.2) is 15.6 Å². The fourth-order valence-corrected chi connectivity index (χ4v) is 17.2. The molecule has 2 aliphatic heterocycles. The highest BCUT2D eigenvalue weighted by Gasteiger charge is 2.85. The number of hydrogen-bond acceptors (Lipinski definition) is 4. The van der Waals surface area contributed by atoms with Gasteiger partial charge in [-0.25, -0.2) is 8.42 Å². The molecule has 3 fully saturated rings. The predicted octanol–water partition coefficient (Wildman–Crippen LogP) is 3.13. The normalized spacial score (nSPS) is 38.0. The molecule has 0 radical (unpaired) electrons. The van der Waals surface area contributed by atoms with Crippen LogP contribution >= 0.6 is 0 Å². The van der Waals surface area contributed by atoms with Gasteiger partial charge in [-0.2, -0.15) is 0 Å². The number of ether oxygens (including phenoxy) is 2. The molecule has 4 nitrogen and oxygen atoms in total. The van der Waals surface area contributed by atoms with E-state index in [2.05, 4.69) is 34.6 Å². The molecule has 2 atom stereocenters. The number of rotatable bonds is 4. The van der Waals surface area contributed by atoms with E-state index in [1.54, 1.807) is 0 Å². The van der Waals surface area contributed by atoms with E-state index in [-0.39, 0.29) is 10.7 Å². The predicted molar refractivity (Wildman–Crippen MR) is 90.3 cm³/mol. The molecular formula is C16H30O4SSi. The first-order valence-electron chi connectivity index (χ1n) is 8.66. The van der Waals surface area contributed by atoms with E-state index in [4.69, 9.17) is 9.47 Å². The number of sulfone groups is 1. The lowest BCUT2D eigenvalue weighted by Crippen LogP contribution is -2.54. The van der Waals surface area contributed by atoms with Crippen molar-refractivity contribution in [3.63, 3.8) is 0 Å². The highest BCUT2D eigenvalue weighted by atomic mass is 32.2. The van der Waals surface area contributed by atoms with Crippen molar-refractivity contribution >= 4 is 17.9 Å². The lowest BCUT2D eigenvalue weighted by molar-refractivity contribution is -0.295. The van der Waals surface area contributed by atoms with Crippen molar-refractivity contribution in [2.24, 2.45) is 5.41 Å². The average Bonchev–Trinajstić information content (AvgIpc) is 2.81. The summed E-state index contributed by atoms with van der Waals surface area (Å²) in [5, 5.41) is -0.201. The molecule has 1 spiro atoms. The van der Waals surface area contributed by atoms with Gasteiger partial charge in [-0.15, -0.1) is 0 Å². The van der Waals surface area contributed by atoms with E-state index in [1.165, 1.54) is 0 Å². The second-order valence-electron chi connectivity index (χ2n) is 8.30. The molecule has 0 aromatic rings. The molecule has 0 bridgehead atoms. The highest BCUT2D eigenvalue weighted by Crippen LogP contribution is 2.68. The molecule has 22 heavy (non-hydrogen) atoms. The summed E-state index contributed by atoms with van der Waals surface area (Å²) in [5.41, 5.74) is 0.0266. The Balaban J connectivity index is 1.93. The van der Waals surface area contributed by atoms with E-state index in [0.29, 0.717) is 26.1 Å². The van der Waals surface area contributed by atoms with Crippen molar-refractivity contribution in [1.82, 2.24) is 0 Å². The van der Waals surface area contributed by atoms with Crippen molar-refractivity contribution < 1.29 is 17.9 Å². The fraction of sp³-hybridized carbons (Fsp3) is 1.00. The van der Waals surface area contributed by atoms with Crippen LogP contribution in [0.4, 0.5) is 0 Å². The third kappa shape index (κ3) is 1.90. The summed E-state index contributed by atoms with van der Waals surface area (Å²) in [4.78, 5) is 0. The molecule has 0 aromatic heterocycles. The maximum absolute atomic E-state index is 12.8. The molecule has 6 heteroatoms. The Morgan fingerprint density at radius 1 is 1.05 bits per heavy atom. The summed E-state index contributed by atoms with van der Waals surface area (Å²) >= 11 is 0. The van der Waals surface area contributed by atoms with Crippen LogP contribution in [0.2, 0.25) is 18.1 Å². The molecule has 2 unspecified atom stereocenters. The standard InChI is InChI=1S/C16H30O4SSi/c1-6-22(7-2,8-3)16-10-15(9-13(16)21(16,17)18)19-11-14(4,5)12-20-15/h13H,6-12H2,1-5H3. The quantitative estimate of drug-likeness (QED) is 0.580. The van der Waals surface area contributed by atoms with E-state index in [9.17, 15) is 8.42 Å².